The van der Waals surface area contributed by atoms with Gasteiger partial charge in [0.05, 0.1) is 12.1 Å². The normalized spacial score (nSPS) is 22.2. The smallest absolute Gasteiger partial charge is 0.410 e. The summed E-state index contributed by atoms with van der Waals surface area (Å²) in [7, 11) is 1.54. The quantitative estimate of drug-likeness (QED) is 0.459. The number of amides is 3. The highest BCUT2D eigenvalue weighted by Gasteiger charge is 2.39. The molecule has 9 heteroatoms. The number of hydrogen-bond donors (Lipinski definition) is 2. The predicted molar refractivity (Wildman–Crippen MR) is 151 cm³/mol. The Balaban J connectivity index is 1.42. The van der Waals surface area contributed by atoms with Gasteiger partial charge in [-0.2, -0.15) is 0 Å². The second-order valence-corrected chi connectivity index (χ2v) is 11.7. The molecule has 4 rings (SSSR count). The molecule has 2 N–H and O–H groups in total. The first-order valence-corrected chi connectivity index (χ1v) is 14.0. The van der Waals surface area contributed by atoms with Gasteiger partial charge < -0.3 is 25.0 Å². The van der Waals surface area contributed by atoms with Crippen LogP contribution in [0, 0.1) is 0 Å². The number of benzene rings is 2. The largest absolute Gasteiger partial charge is 0.489 e. The first kappa shape index (κ1) is 29.4. The van der Waals surface area contributed by atoms with Crippen molar-refractivity contribution in [1.29, 1.82) is 0 Å². The van der Waals surface area contributed by atoms with E-state index in [0.29, 0.717) is 42.7 Å². The third-order valence-corrected chi connectivity index (χ3v) is 7.38. The minimum absolute atomic E-state index is 0.0186. The van der Waals surface area contributed by atoms with Crippen LogP contribution in [-0.4, -0.2) is 66.9 Å². The summed E-state index contributed by atoms with van der Waals surface area (Å²) < 4.78 is 27.1. The van der Waals surface area contributed by atoms with Crippen molar-refractivity contribution in [3.8, 4) is 5.75 Å². The van der Waals surface area contributed by atoms with Crippen LogP contribution in [0.2, 0.25) is 0 Å². The number of fused-ring (bicyclic) bond motifs is 1. The Morgan fingerprint density at radius 1 is 1.15 bits per heavy atom. The van der Waals surface area contributed by atoms with Gasteiger partial charge in [0.2, 0.25) is 0 Å². The van der Waals surface area contributed by atoms with E-state index in [4.69, 9.17) is 9.47 Å². The van der Waals surface area contributed by atoms with E-state index >= 15 is 4.39 Å². The maximum Gasteiger partial charge on any atom is 0.410 e. The Hall–Kier alpha value is -3.62. The highest BCUT2D eigenvalue weighted by molar-refractivity contribution is 6.02. The first-order valence-electron chi connectivity index (χ1n) is 14.0. The van der Waals surface area contributed by atoms with E-state index < -0.39 is 17.4 Å². The number of carbonyl (C=O) groups is 3. The van der Waals surface area contributed by atoms with E-state index in [1.807, 2.05) is 37.3 Å². The van der Waals surface area contributed by atoms with Crippen LogP contribution < -0.4 is 15.4 Å². The molecule has 40 heavy (non-hydrogen) atoms. The zero-order chi connectivity index (χ0) is 29.1. The van der Waals surface area contributed by atoms with Gasteiger partial charge in [0.25, 0.3) is 11.8 Å². The Kier molecular flexibility index (Phi) is 8.71. The molecule has 8 nitrogen and oxygen atoms in total. The molecule has 2 aliphatic rings. The number of nitrogens with one attached hydrogen (secondary N) is 2. The SMILES string of the molecule is CNC(=O)c1cc(C(=O)NCCCC2(F)CCCN(C(=O)OC(C)(C)C)C2)cc2c1OC(C)C2c1ccccc1. The molecule has 2 heterocycles. The van der Waals surface area contributed by atoms with E-state index in [9.17, 15) is 14.4 Å². The molecule has 0 saturated carbocycles. The summed E-state index contributed by atoms with van der Waals surface area (Å²) >= 11 is 0. The number of piperidine rings is 1. The molecule has 216 valence electrons. The third kappa shape index (κ3) is 6.74. The topological polar surface area (TPSA) is 97.0 Å². The van der Waals surface area contributed by atoms with Gasteiger partial charge in [-0.3, -0.25) is 9.59 Å². The van der Waals surface area contributed by atoms with Crippen molar-refractivity contribution >= 4 is 17.9 Å². The number of carbonyl (C=O) groups excluding carboxylic acids is 3. The van der Waals surface area contributed by atoms with Gasteiger partial charge in [-0.25, -0.2) is 9.18 Å². The molecule has 2 aromatic carbocycles. The number of halogens is 1. The first-order chi connectivity index (χ1) is 18.9. The van der Waals surface area contributed by atoms with Crippen LogP contribution >= 0.6 is 0 Å². The van der Waals surface area contributed by atoms with Gasteiger partial charge in [0.15, 0.2) is 0 Å². The molecular weight excluding hydrogens is 513 g/mol. The van der Waals surface area contributed by atoms with Crippen LogP contribution in [0.1, 0.15) is 91.1 Å². The fraction of sp³-hybridized carbons (Fsp3) is 0.516. The van der Waals surface area contributed by atoms with Crippen LogP contribution in [-0.2, 0) is 4.74 Å². The molecule has 0 aromatic heterocycles. The van der Waals surface area contributed by atoms with Crippen LogP contribution in [0.5, 0.6) is 5.75 Å². The highest BCUT2D eigenvalue weighted by atomic mass is 19.1. The summed E-state index contributed by atoms with van der Waals surface area (Å²) in [6.45, 7) is 8.02. The molecule has 3 unspecified atom stereocenters. The monoisotopic (exact) mass is 553 g/mol. The van der Waals surface area contributed by atoms with Gasteiger partial charge >= 0.3 is 6.09 Å². The summed E-state index contributed by atoms with van der Waals surface area (Å²) in [5.41, 5.74) is 0.309. The molecule has 2 aliphatic heterocycles. The molecule has 0 bridgehead atoms. The molecule has 2 aromatic rings. The lowest BCUT2D eigenvalue weighted by Gasteiger charge is -2.38. The lowest BCUT2D eigenvalue weighted by Crippen LogP contribution is -2.49. The van der Waals surface area contributed by atoms with E-state index in [2.05, 4.69) is 10.6 Å². The Morgan fingerprint density at radius 2 is 1.88 bits per heavy atom. The molecule has 1 fully saturated rings. The van der Waals surface area contributed by atoms with Gasteiger partial charge in [-0.1, -0.05) is 30.3 Å². The van der Waals surface area contributed by atoms with Crippen molar-refractivity contribution in [3.63, 3.8) is 0 Å². The summed E-state index contributed by atoms with van der Waals surface area (Å²) in [4.78, 5) is 39.8. The summed E-state index contributed by atoms with van der Waals surface area (Å²) in [5.74, 6) is -0.314. The molecule has 0 spiro atoms. The molecule has 3 atom stereocenters. The van der Waals surface area contributed by atoms with E-state index in [0.717, 1.165) is 11.1 Å². The summed E-state index contributed by atoms with van der Waals surface area (Å²) in [6.07, 6.45) is 0.822. The second kappa shape index (κ2) is 11.9. The zero-order valence-corrected chi connectivity index (χ0v) is 24.0. The summed E-state index contributed by atoms with van der Waals surface area (Å²) in [5, 5.41) is 5.51. The van der Waals surface area contributed by atoms with Crippen molar-refractivity contribution in [2.75, 3.05) is 26.7 Å². The fourth-order valence-corrected chi connectivity index (χ4v) is 5.55. The van der Waals surface area contributed by atoms with Crippen LogP contribution in [0.3, 0.4) is 0 Å². The van der Waals surface area contributed by atoms with Crippen LogP contribution in [0.25, 0.3) is 0 Å². The fourth-order valence-electron chi connectivity index (χ4n) is 5.55. The minimum Gasteiger partial charge on any atom is -0.489 e. The lowest BCUT2D eigenvalue weighted by atomic mass is 9.87. The molecule has 0 aliphatic carbocycles. The standard InChI is InChI=1S/C31H40FN3O5/c1-20-25(21-11-7-6-8-12-21)23-17-22(18-24(26(23)39-20)28(37)33-5)27(36)34-15-9-13-31(32)14-10-16-35(19-31)29(38)40-30(2,3)4/h6-8,11-12,17-18,20,25H,9-10,13-16,19H2,1-5H3,(H,33,37)(H,34,36). The van der Waals surface area contributed by atoms with Crippen molar-refractivity contribution < 1.29 is 28.2 Å². The summed E-state index contributed by atoms with van der Waals surface area (Å²) in [6, 6.07) is 13.2. The predicted octanol–water partition coefficient (Wildman–Crippen LogP) is 5.21. The molecule has 3 amide bonds. The van der Waals surface area contributed by atoms with Gasteiger partial charge in [0, 0.05) is 37.2 Å². The maximum atomic E-state index is 15.6. The third-order valence-electron chi connectivity index (χ3n) is 7.38. The van der Waals surface area contributed by atoms with Gasteiger partial charge in [-0.15, -0.1) is 0 Å². The number of ether oxygens (including phenoxy) is 2. The Morgan fingerprint density at radius 3 is 2.55 bits per heavy atom. The molecule has 1 saturated heterocycles. The van der Waals surface area contributed by atoms with Crippen molar-refractivity contribution in [2.24, 2.45) is 0 Å². The Labute approximate surface area is 235 Å². The number of nitrogens with zero attached hydrogens (tertiary/aromatic N) is 1. The number of rotatable bonds is 7. The minimum atomic E-state index is -1.53. The second-order valence-electron chi connectivity index (χ2n) is 11.7. The maximum absolute atomic E-state index is 15.6. The van der Waals surface area contributed by atoms with Crippen LogP contribution in [0.4, 0.5) is 9.18 Å². The number of alkyl halides is 1. The average molecular weight is 554 g/mol. The zero-order valence-electron chi connectivity index (χ0n) is 24.0. The van der Waals surface area contributed by atoms with E-state index in [1.165, 1.54) is 11.9 Å². The average Bonchev–Trinajstić information content (AvgIpc) is 3.25. The molecule has 0 radical (unpaired) electrons. The van der Waals surface area contributed by atoms with Crippen molar-refractivity contribution in [2.45, 2.75) is 76.7 Å². The van der Waals surface area contributed by atoms with E-state index in [1.54, 1.807) is 32.9 Å². The van der Waals surface area contributed by atoms with Gasteiger partial charge in [0.1, 0.15) is 23.1 Å². The molecular formula is C31H40FN3O5. The van der Waals surface area contributed by atoms with E-state index in [-0.39, 0.29) is 43.3 Å². The Bertz CT molecular complexity index is 1250. The van der Waals surface area contributed by atoms with Crippen molar-refractivity contribution in [1.82, 2.24) is 15.5 Å². The van der Waals surface area contributed by atoms with Crippen LogP contribution in [0.15, 0.2) is 42.5 Å². The number of hydrogen-bond acceptors (Lipinski definition) is 5. The highest BCUT2D eigenvalue weighted by Crippen LogP contribution is 2.45. The number of likely N-dealkylation sites (tertiary alicyclic amines) is 1. The lowest BCUT2D eigenvalue weighted by molar-refractivity contribution is -0.00798. The van der Waals surface area contributed by atoms with Gasteiger partial charge in [-0.05, 0) is 71.1 Å². The van der Waals surface area contributed by atoms with Crippen molar-refractivity contribution in [3.05, 3.63) is 64.7 Å².